The Morgan fingerprint density at radius 1 is 0.972 bits per heavy atom. The van der Waals surface area contributed by atoms with Gasteiger partial charge in [0.1, 0.15) is 6.61 Å². The Balaban J connectivity index is 1.32. The molecule has 3 aromatic carbocycles. The quantitative estimate of drug-likeness (QED) is 0.492. The molecule has 1 heterocycles. The Kier molecular flexibility index (Phi) is 8.41. The molecule has 0 saturated carbocycles. The fourth-order valence-electron chi connectivity index (χ4n) is 3.94. The van der Waals surface area contributed by atoms with Gasteiger partial charge in [-0.25, -0.2) is 0 Å². The normalized spacial score (nSPS) is 13.1. The van der Waals surface area contributed by atoms with Gasteiger partial charge in [0.15, 0.2) is 11.5 Å². The van der Waals surface area contributed by atoms with Gasteiger partial charge < -0.3 is 29.3 Å². The number of rotatable bonds is 9. The average molecular weight is 490 g/mol. The molecule has 1 aliphatic rings. The van der Waals surface area contributed by atoms with Crippen molar-refractivity contribution < 1.29 is 23.8 Å². The first kappa shape index (κ1) is 25.1. The molecular weight excluding hydrogens is 458 g/mol. The molecule has 0 unspecified atom stereocenters. The van der Waals surface area contributed by atoms with Crippen LogP contribution < -0.4 is 19.7 Å². The maximum absolute atomic E-state index is 12.9. The standard InChI is InChI=1S/C28H31N3O5/c1-30(19-27(32)29-23-9-11-24(12-10-23)31-14-16-35-17-15-31)28(33)22-8-13-25(26(18-22)34-2)36-20-21-6-4-3-5-7-21/h3-13,18H,14-17,19-20H2,1-2H3,(H,29,32). The topological polar surface area (TPSA) is 80.3 Å². The maximum atomic E-state index is 12.9. The highest BCUT2D eigenvalue weighted by molar-refractivity contribution is 5.99. The van der Waals surface area contributed by atoms with Gasteiger partial charge in [-0.1, -0.05) is 30.3 Å². The van der Waals surface area contributed by atoms with Gasteiger partial charge >= 0.3 is 0 Å². The van der Waals surface area contributed by atoms with Gasteiger partial charge in [0.05, 0.1) is 26.9 Å². The summed E-state index contributed by atoms with van der Waals surface area (Å²) < 4.78 is 16.7. The predicted octanol–water partition coefficient (Wildman–Crippen LogP) is 3.82. The fraction of sp³-hybridized carbons (Fsp3) is 0.286. The number of hydrogen-bond acceptors (Lipinski definition) is 6. The van der Waals surface area contributed by atoms with Crippen molar-refractivity contribution in [2.45, 2.75) is 6.61 Å². The summed E-state index contributed by atoms with van der Waals surface area (Å²) in [7, 11) is 3.12. The van der Waals surface area contributed by atoms with Crippen molar-refractivity contribution in [3.05, 3.63) is 83.9 Å². The zero-order valence-electron chi connectivity index (χ0n) is 20.6. The lowest BCUT2D eigenvalue weighted by Crippen LogP contribution is -2.36. The van der Waals surface area contributed by atoms with Crippen LogP contribution in [0.3, 0.4) is 0 Å². The average Bonchev–Trinajstić information content (AvgIpc) is 2.92. The van der Waals surface area contributed by atoms with E-state index >= 15 is 0 Å². The summed E-state index contributed by atoms with van der Waals surface area (Å²) in [5.41, 5.74) is 3.21. The van der Waals surface area contributed by atoms with Crippen molar-refractivity contribution >= 4 is 23.2 Å². The van der Waals surface area contributed by atoms with Gasteiger partial charge in [0, 0.05) is 37.1 Å². The zero-order chi connectivity index (χ0) is 25.3. The molecule has 8 heteroatoms. The first-order chi connectivity index (χ1) is 17.5. The second-order valence-corrected chi connectivity index (χ2v) is 8.50. The molecule has 0 aliphatic carbocycles. The van der Waals surface area contributed by atoms with Crippen LogP contribution in [0.5, 0.6) is 11.5 Å². The minimum absolute atomic E-state index is 0.0847. The fourth-order valence-corrected chi connectivity index (χ4v) is 3.94. The summed E-state index contributed by atoms with van der Waals surface area (Å²) in [5, 5.41) is 2.85. The SMILES string of the molecule is COc1cc(C(=O)N(C)CC(=O)Nc2ccc(N3CCOCC3)cc2)ccc1OCc1ccccc1. The van der Waals surface area contributed by atoms with Crippen LogP contribution in [0.15, 0.2) is 72.8 Å². The van der Waals surface area contributed by atoms with E-state index < -0.39 is 0 Å². The molecule has 0 atom stereocenters. The first-order valence-corrected chi connectivity index (χ1v) is 11.9. The van der Waals surface area contributed by atoms with Gasteiger partial charge in [0.2, 0.25) is 5.91 Å². The van der Waals surface area contributed by atoms with E-state index in [1.807, 2.05) is 54.6 Å². The summed E-state index contributed by atoms with van der Waals surface area (Å²) in [6.07, 6.45) is 0. The monoisotopic (exact) mass is 489 g/mol. The van der Waals surface area contributed by atoms with Gasteiger partial charge in [-0.3, -0.25) is 9.59 Å². The Hall–Kier alpha value is -4.04. The summed E-state index contributed by atoms with van der Waals surface area (Å²) in [6.45, 7) is 3.44. The van der Waals surface area contributed by atoms with Crippen molar-refractivity contribution in [2.24, 2.45) is 0 Å². The summed E-state index contributed by atoms with van der Waals surface area (Å²) in [4.78, 5) is 29.1. The molecule has 2 amide bonds. The van der Waals surface area contributed by atoms with Crippen LogP contribution in [0.4, 0.5) is 11.4 Å². The Labute approximate surface area is 211 Å². The van der Waals surface area contributed by atoms with Crippen LogP contribution in [0.1, 0.15) is 15.9 Å². The Morgan fingerprint density at radius 3 is 2.39 bits per heavy atom. The van der Waals surface area contributed by atoms with E-state index in [-0.39, 0.29) is 18.4 Å². The summed E-state index contributed by atoms with van der Waals surface area (Å²) in [5.74, 6) is 0.425. The highest BCUT2D eigenvalue weighted by Crippen LogP contribution is 2.29. The third-order valence-corrected chi connectivity index (χ3v) is 5.90. The highest BCUT2D eigenvalue weighted by Gasteiger charge is 2.18. The first-order valence-electron chi connectivity index (χ1n) is 11.9. The molecule has 1 aliphatic heterocycles. The third-order valence-electron chi connectivity index (χ3n) is 5.90. The van der Waals surface area contributed by atoms with Crippen LogP contribution in [0.25, 0.3) is 0 Å². The number of nitrogens with one attached hydrogen (secondary N) is 1. The van der Waals surface area contributed by atoms with Gasteiger partial charge in [0.25, 0.3) is 5.91 Å². The van der Waals surface area contributed by atoms with Crippen molar-refractivity contribution in [1.82, 2.24) is 4.90 Å². The largest absolute Gasteiger partial charge is 0.493 e. The predicted molar refractivity (Wildman–Crippen MR) is 139 cm³/mol. The number of benzene rings is 3. The minimum atomic E-state index is -0.291. The van der Waals surface area contributed by atoms with Crippen molar-refractivity contribution in [3.8, 4) is 11.5 Å². The van der Waals surface area contributed by atoms with Crippen LogP contribution in [-0.2, 0) is 16.1 Å². The zero-order valence-corrected chi connectivity index (χ0v) is 20.6. The number of likely N-dealkylation sites (N-methyl/N-ethyl adjacent to an activating group) is 1. The molecule has 1 saturated heterocycles. The number of morpholine rings is 1. The maximum Gasteiger partial charge on any atom is 0.254 e. The second kappa shape index (κ2) is 12.1. The molecule has 0 radical (unpaired) electrons. The lowest BCUT2D eigenvalue weighted by molar-refractivity contribution is -0.116. The Bertz CT molecular complexity index is 1160. The molecular formula is C28H31N3O5. The smallest absolute Gasteiger partial charge is 0.254 e. The molecule has 1 fully saturated rings. The van der Waals surface area contributed by atoms with Crippen LogP contribution >= 0.6 is 0 Å². The van der Waals surface area contributed by atoms with E-state index in [1.54, 1.807) is 25.2 Å². The van der Waals surface area contributed by atoms with Crippen molar-refractivity contribution in [1.29, 1.82) is 0 Å². The molecule has 188 valence electrons. The number of carbonyl (C=O) groups excluding carboxylic acids is 2. The number of ether oxygens (including phenoxy) is 3. The molecule has 0 bridgehead atoms. The molecule has 8 nitrogen and oxygen atoms in total. The second-order valence-electron chi connectivity index (χ2n) is 8.50. The number of hydrogen-bond donors (Lipinski definition) is 1. The number of methoxy groups -OCH3 is 1. The van der Waals surface area contributed by atoms with E-state index in [9.17, 15) is 9.59 Å². The van der Waals surface area contributed by atoms with Crippen LogP contribution in [0, 0.1) is 0 Å². The number of carbonyl (C=O) groups is 2. The van der Waals surface area contributed by atoms with E-state index in [1.165, 1.54) is 12.0 Å². The van der Waals surface area contributed by atoms with Crippen LogP contribution in [0.2, 0.25) is 0 Å². The lowest BCUT2D eigenvalue weighted by atomic mass is 10.1. The third kappa shape index (κ3) is 6.55. The Morgan fingerprint density at radius 2 is 1.69 bits per heavy atom. The summed E-state index contributed by atoms with van der Waals surface area (Å²) >= 11 is 0. The van der Waals surface area contributed by atoms with Gasteiger partial charge in [-0.15, -0.1) is 0 Å². The van der Waals surface area contributed by atoms with Crippen molar-refractivity contribution in [2.75, 3.05) is 57.2 Å². The lowest BCUT2D eigenvalue weighted by Gasteiger charge is -2.28. The molecule has 4 rings (SSSR count). The summed E-state index contributed by atoms with van der Waals surface area (Å²) in [6, 6.07) is 22.5. The number of anilines is 2. The van der Waals surface area contributed by atoms with Gasteiger partial charge in [-0.2, -0.15) is 0 Å². The molecule has 3 aromatic rings. The van der Waals surface area contributed by atoms with E-state index in [4.69, 9.17) is 14.2 Å². The molecule has 0 aromatic heterocycles. The van der Waals surface area contributed by atoms with Crippen molar-refractivity contribution in [3.63, 3.8) is 0 Å². The van der Waals surface area contributed by atoms with Crippen LogP contribution in [-0.4, -0.2) is 63.7 Å². The molecule has 36 heavy (non-hydrogen) atoms. The minimum Gasteiger partial charge on any atom is -0.493 e. The van der Waals surface area contributed by atoms with E-state index in [2.05, 4.69) is 10.2 Å². The number of amides is 2. The van der Waals surface area contributed by atoms with Gasteiger partial charge in [-0.05, 0) is 48.0 Å². The van der Waals surface area contributed by atoms with E-state index in [0.717, 1.165) is 24.3 Å². The molecule has 1 N–H and O–H groups in total. The molecule has 0 spiro atoms. The van der Waals surface area contributed by atoms with E-state index in [0.29, 0.717) is 42.6 Å². The number of nitrogens with zero attached hydrogens (tertiary/aromatic N) is 2. The highest BCUT2D eigenvalue weighted by atomic mass is 16.5.